The molecule has 0 aliphatic heterocycles. The van der Waals surface area contributed by atoms with Crippen LogP contribution in [0.3, 0.4) is 0 Å². The second kappa shape index (κ2) is 8.11. The lowest BCUT2D eigenvalue weighted by Gasteiger charge is -2.07. The first-order chi connectivity index (χ1) is 13.8. The number of anilines is 1. The number of H-pyrrole nitrogens is 2. The second-order valence-corrected chi connectivity index (χ2v) is 6.28. The first-order valence-electron chi connectivity index (χ1n) is 8.96. The monoisotopic (exact) mass is 367 g/mol. The Hall–Kier alpha value is -4.04. The Morgan fingerprint density at radius 3 is 2.50 bits per heavy atom. The third-order valence-corrected chi connectivity index (χ3v) is 4.32. The summed E-state index contributed by atoms with van der Waals surface area (Å²) < 4.78 is 5.79. The maximum atomic E-state index is 9.49. The van der Waals surface area contributed by atoms with Crippen LogP contribution in [0.5, 0.6) is 5.75 Å². The molecular weight excluding hydrogens is 348 g/mol. The molecule has 0 amide bonds. The summed E-state index contributed by atoms with van der Waals surface area (Å²) in [6, 6.07) is 27.7. The molecule has 0 aliphatic rings. The molecule has 3 aromatic carbocycles. The van der Waals surface area contributed by atoms with E-state index in [1.54, 1.807) is 6.20 Å². The lowest BCUT2D eigenvalue weighted by Crippen LogP contribution is -2.06. The van der Waals surface area contributed by atoms with Crippen molar-refractivity contribution in [2.45, 2.75) is 6.61 Å². The van der Waals surface area contributed by atoms with E-state index in [2.05, 4.69) is 21.4 Å². The van der Waals surface area contributed by atoms with E-state index in [9.17, 15) is 5.26 Å². The number of nitrogens with zero attached hydrogens (tertiary/aromatic N) is 1. The predicted molar refractivity (Wildman–Crippen MR) is 109 cm³/mol. The highest BCUT2D eigenvalue weighted by Gasteiger charge is 2.14. The van der Waals surface area contributed by atoms with Crippen LogP contribution in [0.2, 0.25) is 0 Å². The Bertz CT molecular complexity index is 1110. The van der Waals surface area contributed by atoms with Crippen molar-refractivity contribution >= 4 is 22.3 Å². The fraction of sp³-hybridized carbons (Fsp3) is 0.0435. The summed E-state index contributed by atoms with van der Waals surface area (Å²) in [5.74, 6) is 1.46. The number of hydrogen-bond acceptors (Lipinski definition) is 3. The Labute approximate surface area is 162 Å². The number of ether oxygens (including phenoxy) is 1. The number of fused-ring (bicyclic) bond motifs is 1. The zero-order valence-electron chi connectivity index (χ0n) is 15.1. The van der Waals surface area contributed by atoms with Crippen LogP contribution in [-0.2, 0) is 6.61 Å². The normalized spacial score (nSPS) is 11.2. The number of aromatic amines is 2. The molecule has 0 aliphatic carbocycles. The zero-order valence-corrected chi connectivity index (χ0v) is 15.1. The van der Waals surface area contributed by atoms with Crippen LogP contribution in [0, 0.1) is 11.3 Å². The average molecular weight is 367 g/mol. The van der Waals surface area contributed by atoms with Gasteiger partial charge in [0.25, 0.3) is 5.82 Å². The van der Waals surface area contributed by atoms with Crippen molar-refractivity contribution in [1.29, 1.82) is 5.26 Å². The highest BCUT2D eigenvalue weighted by atomic mass is 16.5. The van der Waals surface area contributed by atoms with Crippen LogP contribution in [0.4, 0.5) is 5.69 Å². The van der Waals surface area contributed by atoms with E-state index in [0.717, 1.165) is 28.0 Å². The molecule has 0 saturated heterocycles. The molecule has 0 radical (unpaired) electrons. The molecule has 136 valence electrons. The van der Waals surface area contributed by atoms with E-state index >= 15 is 0 Å². The molecule has 0 atom stereocenters. The van der Waals surface area contributed by atoms with E-state index in [-0.39, 0.29) is 0 Å². The Balaban J connectivity index is 1.42. The summed E-state index contributed by atoms with van der Waals surface area (Å²) in [6.45, 7) is 0.530. The van der Waals surface area contributed by atoms with Crippen molar-refractivity contribution in [2.75, 3.05) is 5.32 Å². The minimum atomic E-state index is 0.487. The lowest BCUT2D eigenvalue weighted by atomic mass is 10.2. The minimum Gasteiger partial charge on any atom is -0.489 e. The van der Waals surface area contributed by atoms with Gasteiger partial charge >= 0.3 is 0 Å². The van der Waals surface area contributed by atoms with Crippen LogP contribution in [0.25, 0.3) is 16.6 Å². The quantitative estimate of drug-likeness (QED) is 0.491. The van der Waals surface area contributed by atoms with Gasteiger partial charge in [0.15, 0.2) is 16.6 Å². The van der Waals surface area contributed by atoms with Crippen LogP contribution in [0.1, 0.15) is 11.4 Å². The molecular formula is C23H19N4O+. The lowest BCUT2D eigenvalue weighted by molar-refractivity contribution is -0.348. The van der Waals surface area contributed by atoms with Gasteiger partial charge in [0.1, 0.15) is 18.4 Å². The standard InChI is InChI=1S/C23H18N4O/c24-14-18(23-26-21-8-4-5-9-22(21)27-23)15-25-19-10-12-20(13-11-19)28-16-17-6-2-1-3-7-17/h1-13,15,25H,16H2,(H,26,27)/p+1. The van der Waals surface area contributed by atoms with Crippen LogP contribution >= 0.6 is 0 Å². The molecule has 1 heterocycles. The number of benzene rings is 3. The largest absolute Gasteiger partial charge is 0.489 e. The van der Waals surface area contributed by atoms with Crippen molar-refractivity contribution in [2.24, 2.45) is 0 Å². The molecule has 28 heavy (non-hydrogen) atoms. The maximum absolute atomic E-state index is 9.49. The highest BCUT2D eigenvalue weighted by Crippen LogP contribution is 2.18. The fourth-order valence-corrected chi connectivity index (χ4v) is 2.84. The second-order valence-electron chi connectivity index (χ2n) is 6.28. The van der Waals surface area contributed by atoms with E-state index in [0.29, 0.717) is 18.0 Å². The first kappa shape index (κ1) is 17.4. The Morgan fingerprint density at radius 1 is 1.00 bits per heavy atom. The molecule has 4 aromatic rings. The van der Waals surface area contributed by atoms with Crippen molar-refractivity contribution < 1.29 is 9.72 Å². The summed E-state index contributed by atoms with van der Waals surface area (Å²) in [5.41, 5.74) is 4.40. The summed E-state index contributed by atoms with van der Waals surface area (Å²) >= 11 is 0. The molecule has 1 aromatic heterocycles. The van der Waals surface area contributed by atoms with Crippen molar-refractivity contribution in [3.8, 4) is 11.8 Å². The third kappa shape index (κ3) is 4.02. The average Bonchev–Trinajstić information content (AvgIpc) is 3.18. The Kier molecular flexibility index (Phi) is 5.03. The van der Waals surface area contributed by atoms with Crippen molar-refractivity contribution in [3.63, 3.8) is 0 Å². The highest BCUT2D eigenvalue weighted by molar-refractivity contribution is 5.78. The number of nitriles is 1. The van der Waals surface area contributed by atoms with Gasteiger partial charge in [0.05, 0.1) is 0 Å². The smallest absolute Gasteiger partial charge is 0.297 e. The van der Waals surface area contributed by atoms with Gasteiger partial charge in [-0.25, -0.2) is 9.97 Å². The molecule has 4 rings (SSSR count). The number of para-hydroxylation sites is 2. The van der Waals surface area contributed by atoms with Gasteiger partial charge < -0.3 is 10.1 Å². The van der Waals surface area contributed by atoms with Gasteiger partial charge in [-0.05, 0) is 42.0 Å². The van der Waals surface area contributed by atoms with Gasteiger partial charge in [0.2, 0.25) is 0 Å². The number of imidazole rings is 1. The van der Waals surface area contributed by atoms with Crippen LogP contribution in [-0.4, -0.2) is 4.98 Å². The summed E-state index contributed by atoms with van der Waals surface area (Å²) in [5, 5.41) is 12.6. The molecule has 5 nitrogen and oxygen atoms in total. The molecule has 0 saturated carbocycles. The Morgan fingerprint density at radius 2 is 1.75 bits per heavy atom. The minimum absolute atomic E-state index is 0.487. The van der Waals surface area contributed by atoms with Crippen molar-refractivity contribution in [3.05, 3.63) is 96.5 Å². The summed E-state index contributed by atoms with van der Waals surface area (Å²) in [4.78, 5) is 6.44. The SMILES string of the molecule is N#CC(=CNc1ccc(OCc2ccccc2)cc1)c1[nH]c2ccccc2[nH+]1. The molecule has 0 bridgehead atoms. The molecule has 0 spiro atoms. The van der Waals surface area contributed by atoms with E-state index in [1.165, 1.54) is 0 Å². The van der Waals surface area contributed by atoms with E-state index in [1.807, 2.05) is 78.9 Å². The number of allylic oxidation sites excluding steroid dienone is 1. The third-order valence-electron chi connectivity index (χ3n) is 4.32. The molecule has 3 N–H and O–H groups in total. The van der Waals surface area contributed by atoms with E-state index in [4.69, 9.17) is 4.74 Å². The molecule has 0 fully saturated rings. The molecule has 5 heteroatoms. The molecule has 0 unspecified atom stereocenters. The summed E-state index contributed by atoms with van der Waals surface area (Å²) in [7, 11) is 0. The number of nitrogens with one attached hydrogen (secondary N) is 3. The number of hydrogen-bond donors (Lipinski definition) is 2. The van der Waals surface area contributed by atoms with Gasteiger partial charge in [-0.15, -0.1) is 0 Å². The summed E-state index contributed by atoms with van der Waals surface area (Å²) in [6.07, 6.45) is 1.68. The number of rotatable bonds is 6. The van der Waals surface area contributed by atoms with Gasteiger partial charge in [-0.2, -0.15) is 5.26 Å². The van der Waals surface area contributed by atoms with E-state index < -0.39 is 0 Å². The van der Waals surface area contributed by atoms with Gasteiger partial charge in [-0.3, -0.25) is 0 Å². The maximum Gasteiger partial charge on any atom is 0.297 e. The van der Waals surface area contributed by atoms with Crippen molar-refractivity contribution in [1.82, 2.24) is 4.98 Å². The van der Waals surface area contributed by atoms with Gasteiger partial charge in [-0.1, -0.05) is 42.5 Å². The fourth-order valence-electron chi connectivity index (χ4n) is 2.84. The topological polar surface area (TPSA) is 75.0 Å². The predicted octanol–water partition coefficient (Wildman–Crippen LogP) is 4.54. The first-order valence-corrected chi connectivity index (χ1v) is 8.96. The zero-order chi connectivity index (χ0) is 19.2. The number of aromatic nitrogens is 2. The van der Waals surface area contributed by atoms with Crippen LogP contribution < -0.4 is 15.0 Å². The van der Waals surface area contributed by atoms with Crippen LogP contribution in [0.15, 0.2) is 85.1 Å². The van der Waals surface area contributed by atoms with Gasteiger partial charge in [0, 0.05) is 11.9 Å².